The number of nitrogens with zero attached hydrogens (tertiary/aromatic N) is 4. The molecule has 0 aliphatic heterocycles. The number of aromatic nitrogens is 4. The van der Waals surface area contributed by atoms with Gasteiger partial charge in [0.2, 0.25) is 11.7 Å². The van der Waals surface area contributed by atoms with Crippen molar-refractivity contribution in [2.45, 2.75) is 32.1 Å². The average molecular weight is 290 g/mol. The third-order valence-electron chi connectivity index (χ3n) is 4.28. The van der Waals surface area contributed by atoms with E-state index in [1.54, 1.807) is 17.1 Å². The number of aliphatic carboxylic acids is 1. The first-order chi connectivity index (χ1) is 10.1. The Morgan fingerprint density at radius 2 is 2.33 bits per heavy atom. The Labute approximate surface area is 122 Å². The second-order valence-corrected chi connectivity index (χ2v) is 5.66. The zero-order valence-electron chi connectivity index (χ0n) is 12.1. The van der Waals surface area contributed by atoms with Crippen LogP contribution in [0.3, 0.4) is 0 Å². The first-order valence-corrected chi connectivity index (χ1v) is 7.14. The van der Waals surface area contributed by atoms with Crippen molar-refractivity contribution in [3.63, 3.8) is 0 Å². The summed E-state index contributed by atoms with van der Waals surface area (Å²) >= 11 is 0. The summed E-state index contributed by atoms with van der Waals surface area (Å²) in [5.74, 6) is -0.108. The predicted molar refractivity (Wildman–Crippen MR) is 73.4 cm³/mol. The van der Waals surface area contributed by atoms with E-state index in [4.69, 9.17) is 4.52 Å². The molecule has 2 aromatic heterocycles. The van der Waals surface area contributed by atoms with Crippen LogP contribution in [0.5, 0.6) is 0 Å². The molecule has 0 amide bonds. The minimum atomic E-state index is -0.780. The summed E-state index contributed by atoms with van der Waals surface area (Å²) in [5, 5.41) is 17.4. The maximum Gasteiger partial charge on any atom is 0.307 e. The molecule has 112 valence electrons. The van der Waals surface area contributed by atoms with Gasteiger partial charge < -0.3 is 9.63 Å². The zero-order chi connectivity index (χ0) is 15.0. The number of aryl methyl sites for hydroxylation is 1. The largest absolute Gasteiger partial charge is 0.481 e. The molecular formula is C14H18N4O3. The SMILES string of the molecule is CCC1CC(C(=O)O)C(c2nc(-c3cnn(C)c3)no2)C1. The fourth-order valence-corrected chi connectivity index (χ4v) is 3.06. The zero-order valence-corrected chi connectivity index (χ0v) is 12.1. The molecule has 1 aliphatic carbocycles. The molecule has 7 heteroatoms. The van der Waals surface area contributed by atoms with Crippen LogP contribution in [0.1, 0.15) is 38.0 Å². The van der Waals surface area contributed by atoms with Gasteiger partial charge in [-0.3, -0.25) is 9.48 Å². The van der Waals surface area contributed by atoms with Crippen LogP contribution in [-0.2, 0) is 11.8 Å². The summed E-state index contributed by atoms with van der Waals surface area (Å²) in [4.78, 5) is 15.8. The standard InChI is InChI=1S/C14H18N4O3/c1-3-8-4-10(11(5-8)14(19)20)13-16-12(17-21-13)9-6-15-18(2)7-9/h6-8,10-11H,3-5H2,1-2H3,(H,19,20). The molecule has 0 radical (unpaired) electrons. The van der Waals surface area contributed by atoms with Crippen molar-refractivity contribution >= 4 is 5.97 Å². The monoisotopic (exact) mass is 290 g/mol. The summed E-state index contributed by atoms with van der Waals surface area (Å²) in [5.41, 5.74) is 0.768. The van der Waals surface area contributed by atoms with E-state index in [0.29, 0.717) is 24.1 Å². The second-order valence-electron chi connectivity index (χ2n) is 5.66. The van der Waals surface area contributed by atoms with Gasteiger partial charge >= 0.3 is 5.97 Å². The van der Waals surface area contributed by atoms with Gasteiger partial charge in [0.15, 0.2) is 0 Å². The Balaban J connectivity index is 1.86. The van der Waals surface area contributed by atoms with Crippen molar-refractivity contribution in [1.82, 2.24) is 19.9 Å². The van der Waals surface area contributed by atoms with E-state index in [9.17, 15) is 9.90 Å². The molecule has 21 heavy (non-hydrogen) atoms. The molecule has 3 atom stereocenters. The fraction of sp³-hybridized carbons (Fsp3) is 0.571. The third-order valence-corrected chi connectivity index (χ3v) is 4.28. The van der Waals surface area contributed by atoms with Gasteiger partial charge in [-0.25, -0.2) is 0 Å². The van der Waals surface area contributed by atoms with Gasteiger partial charge in [-0.2, -0.15) is 10.1 Å². The molecule has 1 fully saturated rings. The van der Waals surface area contributed by atoms with Crippen molar-refractivity contribution in [1.29, 1.82) is 0 Å². The smallest absolute Gasteiger partial charge is 0.307 e. The molecule has 0 bridgehead atoms. The topological polar surface area (TPSA) is 94.0 Å². The van der Waals surface area contributed by atoms with Crippen LogP contribution in [0.25, 0.3) is 11.4 Å². The van der Waals surface area contributed by atoms with Crippen LogP contribution in [0, 0.1) is 11.8 Å². The maximum absolute atomic E-state index is 11.4. The van der Waals surface area contributed by atoms with Gasteiger partial charge in [-0.05, 0) is 18.8 Å². The van der Waals surface area contributed by atoms with Crippen molar-refractivity contribution < 1.29 is 14.4 Å². The second kappa shape index (κ2) is 5.31. The Hall–Kier alpha value is -2.18. The summed E-state index contributed by atoms with van der Waals surface area (Å²) in [7, 11) is 1.81. The predicted octanol–water partition coefficient (Wildman–Crippen LogP) is 2.07. The van der Waals surface area contributed by atoms with Gasteiger partial charge in [0.05, 0.1) is 23.6 Å². The molecular weight excluding hydrogens is 272 g/mol. The van der Waals surface area contributed by atoms with Crippen LogP contribution < -0.4 is 0 Å². The highest BCUT2D eigenvalue weighted by molar-refractivity contribution is 5.71. The van der Waals surface area contributed by atoms with Gasteiger partial charge in [0, 0.05) is 13.2 Å². The van der Waals surface area contributed by atoms with Crippen molar-refractivity contribution in [3.8, 4) is 11.4 Å². The normalized spacial score (nSPS) is 25.3. The van der Waals surface area contributed by atoms with Gasteiger partial charge in [-0.15, -0.1) is 0 Å². The number of carboxylic acid groups (broad SMARTS) is 1. The summed E-state index contributed by atoms with van der Waals surface area (Å²) in [6.07, 6.45) is 5.91. The molecule has 1 saturated carbocycles. The molecule has 1 N–H and O–H groups in total. The average Bonchev–Trinajstić information content (AvgIpc) is 3.15. The lowest BCUT2D eigenvalue weighted by molar-refractivity contribution is -0.142. The Kier molecular flexibility index (Phi) is 3.48. The van der Waals surface area contributed by atoms with Crippen LogP contribution in [0.2, 0.25) is 0 Å². The highest BCUT2D eigenvalue weighted by Crippen LogP contribution is 2.44. The maximum atomic E-state index is 11.4. The molecule has 3 unspecified atom stereocenters. The quantitative estimate of drug-likeness (QED) is 0.926. The number of carbonyl (C=O) groups is 1. The molecule has 3 rings (SSSR count). The first-order valence-electron chi connectivity index (χ1n) is 7.14. The van der Waals surface area contributed by atoms with Crippen molar-refractivity contribution in [3.05, 3.63) is 18.3 Å². The number of carboxylic acids is 1. The Morgan fingerprint density at radius 3 is 2.95 bits per heavy atom. The molecule has 0 spiro atoms. The van der Waals surface area contributed by atoms with Crippen LogP contribution in [0.4, 0.5) is 0 Å². The number of hydrogen-bond acceptors (Lipinski definition) is 5. The van der Waals surface area contributed by atoms with Crippen LogP contribution >= 0.6 is 0 Å². The Bertz CT molecular complexity index is 648. The van der Waals surface area contributed by atoms with Crippen LogP contribution in [0.15, 0.2) is 16.9 Å². The van der Waals surface area contributed by atoms with Gasteiger partial charge in [0.1, 0.15) is 0 Å². The number of hydrogen-bond donors (Lipinski definition) is 1. The lowest BCUT2D eigenvalue weighted by Gasteiger charge is -2.09. The van der Waals surface area contributed by atoms with E-state index >= 15 is 0 Å². The molecule has 0 aromatic carbocycles. The first kappa shape index (κ1) is 13.8. The Morgan fingerprint density at radius 1 is 1.52 bits per heavy atom. The number of rotatable bonds is 4. The van der Waals surface area contributed by atoms with E-state index in [0.717, 1.165) is 18.4 Å². The minimum absolute atomic E-state index is 0.189. The van der Waals surface area contributed by atoms with Crippen molar-refractivity contribution in [2.24, 2.45) is 18.9 Å². The lowest BCUT2D eigenvalue weighted by Crippen LogP contribution is -2.17. The summed E-state index contributed by atoms with van der Waals surface area (Å²) in [6.45, 7) is 2.08. The van der Waals surface area contributed by atoms with Crippen LogP contribution in [-0.4, -0.2) is 31.0 Å². The van der Waals surface area contributed by atoms with E-state index in [1.807, 2.05) is 7.05 Å². The molecule has 7 nitrogen and oxygen atoms in total. The van der Waals surface area contributed by atoms with Crippen molar-refractivity contribution in [2.75, 3.05) is 0 Å². The summed E-state index contributed by atoms with van der Waals surface area (Å²) < 4.78 is 6.98. The summed E-state index contributed by atoms with van der Waals surface area (Å²) in [6, 6.07) is 0. The molecule has 1 aliphatic rings. The fourth-order valence-electron chi connectivity index (χ4n) is 3.06. The van der Waals surface area contributed by atoms with Gasteiger partial charge in [-0.1, -0.05) is 18.5 Å². The lowest BCUT2D eigenvalue weighted by atomic mass is 9.96. The highest BCUT2D eigenvalue weighted by Gasteiger charge is 2.42. The van der Waals surface area contributed by atoms with E-state index in [1.165, 1.54) is 0 Å². The molecule has 0 saturated heterocycles. The highest BCUT2D eigenvalue weighted by atomic mass is 16.5. The molecule has 2 heterocycles. The minimum Gasteiger partial charge on any atom is -0.481 e. The van der Waals surface area contributed by atoms with E-state index in [2.05, 4.69) is 22.2 Å². The van der Waals surface area contributed by atoms with E-state index in [-0.39, 0.29) is 5.92 Å². The van der Waals surface area contributed by atoms with E-state index < -0.39 is 11.9 Å². The third kappa shape index (κ3) is 2.55. The molecule has 2 aromatic rings. The van der Waals surface area contributed by atoms with Gasteiger partial charge in [0.25, 0.3) is 0 Å².